The number of guanidine groups is 1. The Morgan fingerprint density at radius 1 is 1.29 bits per heavy atom. The van der Waals surface area contributed by atoms with E-state index in [0.29, 0.717) is 25.5 Å². The van der Waals surface area contributed by atoms with Crippen LogP contribution in [0.25, 0.3) is 0 Å². The summed E-state index contributed by atoms with van der Waals surface area (Å²) in [4.78, 5) is 15.1. The molecule has 0 aliphatic rings. The number of benzene rings is 1. The van der Waals surface area contributed by atoms with E-state index in [2.05, 4.69) is 20.4 Å². The van der Waals surface area contributed by atoms with Gasteiger partial charge in [0.1, 0.15) is 0 Å². The fourth-order valence-electron chi connectivity index (χ4n) is 1.62. The minimum atomic E-state index is -0.246. The number of halogens is 2. The molecule has 0 atom stereocenters. The fraction of sp³-hybridized carbons (Fsp3) is 0.429. The van der Waals surface area contributed by atoms with Gasteiger partial charge in [0.15, 0.2) is 5.96 Å². The highest BCUT2D eigenvalue weighted by Gasteiger charge is 2.02. The molecule has 118 valence electrons. The number of carbonyl (C=O) groups excluding carboxylic acids is 1. The number of hydrogen-bond acceptors (Lipinski definition) is 3. The van der Waals surface area contributed by atoms with Crippen molar-refractivity contribution in [2.75, 3.05) is 27.2 Å². The van der Waals surface area contributed by atoms with Crippen LogP contribution in [0.4, 0.5) is 0 Å². The summed E-state index contributed by atoms with van der Waals surface area (Å²) in [5.41, 5.74) is 1.09. The van der Waals surface area contributed by atoms with E-state index in [9.17, 15) is 4.79 Å². The molecular weight excluding hydrogens is 405 g/mol. The number of methoxy groups -OCH3 is 1. The fourth-order valence-corrected chi connectivity index (χ4v) is 1.85. The molecule has 1 rings (SSSR count). The van der Waals surface area contributed by atoms with Gasteiger partial charge in [-0.25, -0.2) is 0 Å². The second kappa shape index (κ2) is 11.6. The van der Waals surface area contributed by atoms with Crippen molar-refractivity contribution in [2.45, 2.75) is 12.8 Å². The molecule has 5 nitrogen and oxygen atoms in total. The molecular formula is C14H21ClIN3O2. The summed E-state index contributed by atoms with van der Waals surface area (Å²) in [6.45, 7) is 1.19. The Morgan fingerprint density at radius 2 is 1.95 bits per heavy atom. The maximum atomic E-state index is 11.0. The molecule has 2 N–H and O–H groups in total. The molecule has 7 heteroatoms. The molecule has 0 aliphatic heterocycles. The summed E-state index contributed by atoms with van der Waals surface area (Å²) in [5, 5.41) is 6.97. The number of nitrogens with one attached hydrogen (secondary N) is 2. The summed E-state index contributed by atoms with van der Waals surface area (Å²) in [6.07, 6.45) is 1.11. The van der Waals surface area contributed by atoms with Gasteiger partial charge in [-0.05, 0) is 18.1 Å². The Labute approximate surface area is 147 Å². The van der Waals surface area contributed by atoms with Crippen molar-refractivity contribution in [2.24, 2.45) is 4.99 Å². The average Bonchev–Trinajstić information content (AvgIpc) is 2.47. The third-order valence-corrected chi connectivity index (χ3v) is 3.09. The van der Waals surface area contributed by atoms with E-state index >= 15 is 0 Å². The second-order valence-electron chi connectivity index (χ2n) is 4.09. The van der Waals surface area contributed by atoms with Crippen molar-refractivity contribution in [3.63, 3.8) is 0 Å². The maximum absolute atomic E-state index is 11.0. The Kier molecular flexibility index (Phi) is 11.1. The molecule has 0 unspecified atom stereocenters. The van der Waals surface area contributed by atoms with E-state index in [1.165, 1.54) is 7.11 Å². The Bertz CT molecular complexity index is 469. The van der Waals surface area contributed by atoms with Crippen molar-refractivity contribution < 1.29 is 9.53 Å². The first-order valence-corrected chi connectivity index (χ1v) is 6.80. The van der Waals surface area contributed by atoms with Crippen molar-refractivity contribution in [3.05, 3.63) is 34.9 Å². The van der Waals surface area contributed by atoms with Crippen LogP contribution in [0.5, 0.6) is 0 Å². The van der Waals surface area contributed by atoms with Gasteiger partial charge in [-0.15, -0.1) is 24.0 Å². The number of nitrogens with zero attached hydrogens (tertiary/aromatic N) is 1. The molecule has 0 amide bonds. The Morgan fingerprint density at radius 3 is 2.57 bits per heavy atom. The van der Waals surface area contributed by atoms with Crippen LogP contribution in [0.3, 0.4) is 0 Å². The summed E-state index contributed by atoms with van der Waals surface area (Å²) in [6, 6.07) is 7.75. The zero-order valence-corrected chi connectivity index (χ0v) is 15.3. The molecule has 0 radical (unpaired) electrons. The Hall–Kier alpha value is -1.02. The van der Waals surface area contributed by atoms with Gasteiger partial charge >= 0.3 is 5.97 Å². The van der Waals surface area contributed by atoms with Crippen LogP contribution in [0.15, 0.2) is 29.3 Å². The van der Waals surface area contributed by atoms with E-state index in [1.54, 1.807) is 7.05 Å². The van der Waals surface area contributed by atoms with Gasteiger partial charge in [-0.3, -0.25) is 9.79 Å². The third kappa shape index (κ3) is 8.11. The normalized spacial score (nSPS) is 10.5. The van der Waals surface area contributed by atoms with Crippen LogP contribution in [-0.2, 0) is 16.0 Å². The van der Waals surface area contributed by atoms with Gasteiger partial charge in [-0.1, -0.05) is 29.8 Å². The lowest BCUT2D eigenvalue weighted by Gasteiger charge is -2.11. The molecule has 0 aromatic heterocycles. The monoisotopic (exact) mass is 425 g/mol. The predicted molar refractivity (Wildman–Crippen MR) is 96.6 cm³/mol. The lowest BCUT2D eigenvalue weighted by Crippen LogP contribution is -2.39. The van der Waals surface area contributed by atoms with Crippen molar-refractivity contribution in [3.8, 4) is 0 Å². The van der Waals surface area contributed by atoms with E-state index in [4.69, 9.17) is 11.6 Å². The van der Waals surface area contributed by atoms with Crippen LogP contribution in [0.1, 0.15) is 12.0 Å². The van der Waals surface area contributed by atoms with Gasteiger partial charge in [0.25, 0.3) is 0 Å². The quantitative estimate of drug-likeness (QED) is 0.318. The number of carbonyl (C=O) groups is 1. The van der Waals surface area contributed by atoms with Crippen LogP contribution in [-0.4, -0.2) is 39.2 Å². The van der Waals surface area contributed by atoms with Gasteiger partial charge < -0.3 is 15.4 Å². The number of hydrogen-bond donors (Lipinski definition) is 2. The third-order valence-electron chi connectivity index (χ3n) is 2.72. The van der Waals surface area contributed by atoms with Crippen LogP contribution in [0, 0.1) is 0 Å². The first-order valence-electron chi connectivity index (χ1n) is 6.42. The SMILES string of the molecule is CN=C(NCCC(=O)OC)NCCc1ccccc1Cl.I. The molecule has 0 spiro atoms. The highest BCUT2D eigenvalue weighted by atomic mass is 127. The summed E-state index contributed by atoms with van der Waals surface area (Å²) in [7, 11) is 3.06. The van der Waals surface area contributed by atoms with E-state index in [1.807, 2.05) is 24.3 Å². The van der Waals surface area contributed by atoms with Gasteiger partial charge in [-0.2, -0.15) is 0 Å². The number of esters is 1. The number of ether oxygens (including phenoxy) is 1. The minimum Gasteiger partial charge on any atom is -0.469 e. The highest BCUT2D eigenvalue weighted by Crippen LogP contribution is 2.14. The van der Waals surface area contributed by atoms with Crippen molar-refractivity contribution in [1.29, 1.82) is 0 Å². The molecule has 0 aliphatic carbocycles. The van der Waals surface area contributed by atoms with Gasteiger partial charge in [0.2, 0.25) is 0 Å². The largest absolute Gasteiger partial charge is 0.469 e. The summed E-state index contributed by atoms with van der Waals surface area (Å²) < 4.78 is 4.56. The molecule has 0 fully saturated rings. The van der Waals surface area contributed by atoms with Gasteiger partial charge in [0, 0.05) is 25.2 Å². The lowest BCUT2D eigenvalue weighted by molar-refractivity contribution is -0.140. The number of aliphatic imine (C=N–C) groups is 1. The molecule has 0 saturated carbocycles. The minimum absolute atomic E-state index is 0. The van der Waals surface area contributed by atoms with Crippen LogP contribution >= 0.6 is 35.6 Å². The maximum Gasteiger partial charge on any atom is 0.307 e. The summed E-state index contributed by atoms with van der Waals surface area (Å²) >= 11 is 6.08. The zero-order chi connectivity index (χ0) is 14.8. The molecule has 0 bridgehead atoms. The second-order valence-corrected chi connectivity index (χ2v) is 4.50. The molecule has 0 saturated heterocycles. The Balaban J connectivity index is 0.00000400. The van der Waals surface area contributed by atoms with E-state index in [-0.39, 0.29) is 29.9 Å². The lowest BCUT2D eigenvalue weighted by atomic mass is 10.1. The predicted octanol–water partition coefficient (Wildman–Crippen LogP) is 2.23. The topological polar surface area (TPSA) is 62.7 Å². The van der Waals surface area contributed by atoms with Crippen LogP contribution in [0.2, 0.25) is 5.02 Å². The molecule has 21 heavy (non-hydrogen) atoms. The van der Waals surface area contributed by atoms with Crippen molar-refractivity contribution >= 4 is 47.5 Å². The van der Waals surface area contributed by atoms with E-state index < -0.39 is 0 Å². The van der Waals surface area contributed by atoms with Crippen LogP contribution < -0.4 is 10.6 Å². The smallest absolute Gasteiger partial charge is 0.307 e. The first-order chi connectivity index (χ1) is 9.67. The average molecular weight is 426 g/mol. The number of rotatable bonds is 6. The molecule has 0 heterocycles. The zero-order valence-electron chi connectivity index (χ0n) is 12.2. The standard InChI is InChI=1S/C14H20ClN3O2.HI/c1-16-14(18-10-8-13(19)20-2)17-9-7-11-5-3-4-6-12(11)15;/h3-6H,7-10H2,1-2H3,(H2,16,17,18);1H. The highest BCUT2D eigenvalue weighted by molar-refractivity contribution is 14.0. The van der Waals surface area contributed by atoms with Crippen molar-refractivity contribution in [1.82, 2.24) is 10.6 Å². The van der Waals surface area contributed by atoms with Gasteiger partial charge in [0.05, 0.1) is 13.5 Å². The first kappa shape index (κ1) is 20.0. The summed E-state index contributed by atoms with van der Waals surface area (Å²) in [5.74, 6) is 0.407. The molecule has 1 aromatic carbocycles. The molecule has 1 aromatic rings. The van der Waals surface area contributed by atoms with E-state index in [0.717, 1.165) is 17.0 Å².